The number of hydrogen-bond acceptors (Lipinski definition) is 2. The van der Waals surface area contributed by atoms with Gasteiger partial charge in [-0.1, -0.05) is 13.8 Å². The van der Waals surface area contributed by atoms with Gasteiger partial charge >= 0.3 is 0 Å². The van der Waals surface area contributed by atoms with Crippen molar-refractivity contribution in [3.63, 3.8) is 0 Å². The third kappa shape index (κ3) is 2.62. The third-order valence-electron chi connectivity index (χ3n) is 0.934. The Kier molecular flexibility index (Phi) is 4.54. The second-order valence-corrected chi connectivity index (χ2v) is 1.67. The maximum atomic E-state index is 4.03. The molecule has 0 aromatic carbocycles. The summed E-state index contributed by atoms with van der Waals surface area (Å²) in [6.07, 6.45) is 1.75. The Hall–Kier alpha value is -0.860. The molecule has 0 saturated heterocycles. The molecule has 3 heteroatoms. The molecule has 0 unspecified atom stereocenters. The summed E-state index contributed by atoms with van der Waals surface area (Å²) in [5, 5.41) is 7.97. The van der Waals surface area contributed by atoms with Gasteiger partial charge in [0, 0.05) is 0 Å². The molecule has 1 heterocycles. The lowest BCUT2D eigenvalue weighted by Crippen LogP contribution is -1.97. The van der Waals surface area contributed by atoms with Crippen LogP contribution < -0.4 is 0 Å². The van der Waals surface area contributed by atoms with E-state index in [4.69, 9.17) is 0 Å². The number of aryl methyl sites for hydroxylation is 2. The van der Waals surface area contributed by atoms with Gasteiger partial charge in [0.2, 0.25) is 0 Å². The van der Waals surface area contributed by atoms with Crippen LogP contribution in [0.2, 0.25) is 0 Å². The van der Waals surface area contributed by atoms with Gasteiger partial charge in [-0.15, -0.1) is 0 Å². The topological polar surface area (TPSA) is 30.7 Å². The highest BCUT2D eigenvalue weighted by atomic mass is 15.5. The van der Waals surface area contributed by atoms with Crippen LogP contribution in [-0.4, -0.2) is 15.0 Å². The summed E-state index contributed by atoms with van der Waals surface area (Å²) in [6, 6.07) is 0. The summed E-state index contributed by atoms with van der Waals surface area (Å²) in [5.74, 6) is 0. The smallest absolute Gasteiger partial charge is 0.0796 e. The summed E-state index contributed by atoms with van der Waals surface area (Å²) in [6.45, 7) is 8.80. The molecular formula is C7H15N3. The molecule has 10 heavy (non-hydrogen) atoms. The Morgan fingerprint density at radius 1 is 1.50 bits per heavy atom. The number of nitrogens with zero attached hydrogens (tertiary/aromatic N) is 3. The zero-order chi connectivity index (χ0) is 7.98. The molecule has 0 aliphatic heterocycles. The summed E-state index contributed by atoms with van der Waals surface area (Å²) in [7, 11) is 0. The molecule has 1 aromatic rings. The van der Waals surface area contributed by atoms with Gasteiger partial charge in [0.1, 0.15) is 0 Å². The van der Waals surface area contributed by atoms with Crippen molar-refractivity contribution in [2.75, 3.05) is 0 Å². The van der Waals surface area contributed by atoms with Crippen molar-refractivity contribution in [2.45, 2.75) is 34.2 Å². The molecule has 1 rings (SSSR count). The standard InChI is InChI=1S/C5H9N3.C2H6/c1-3-8-6-4-5(2)7-8;1-2/h4H,3H2,1-2H3;1-2H3. The van der Waals surface area contributed by atoms with Crippen molar-refractivity contribution < 1.29 is 0 Å². The lowest BCUT2D eigenvalue weighted by atomic mass is 10.6. The van der Waals surface area contributed by atoms with Crippen LogP contribution in [-0.2, 0) is 6.54 Å². The Balaban J connectivity index is 0.000000371. The minimum Gasteiger partial charge on any atom is -0.185 e. The third-order valence-corrected chi connectivity index (χ3v) is 0.934. The van der Waals surface area contributed by atoms with Crippen molar-refractivity contribution in [2.24, 2.45) is 0 Å². The second-order valence-electron chi connectivity index (χ2n) is 1.67. The van der Waals surface area contributed by atoms with Crippen LogP contribution in [0.15, 0.2) is 6.20 Å². The monoisotopic (exact) mass is 141 g/mol. The molecule has 0 saturated carbocycles. The van der Waals surface area contributed by atoms with Crippen LogP contribution in [0, 0.1) is 6.92 Å². The van der Waals surface area contributed by atoms with E-state index in [0.717, 1.165) is 12.2 Å². The zero-order valence-corrected chi connectivity index (χ0v) is 7.13. The minimum absolute atomic E-state index is 0.855. The molecule has 0 N–H and O–H groups in total. The van der Waals surface area contributed by atoms with Gasteiger partial charge in [-0.3, -0.25) is 0 Å². The zero-order valence-electron chi connectivity index (χ0n) is 7.13. The highest BCUT2D eigenvalue weighted by Gasteiger charge is 1.87. The van der Waals surface area contributed by atoms with Gasteiger partial charge in [-0.05, 0) is 13.8 Å². The Labute approximate surface area is 62.1 Å². The molecule has 0 atom stereocenters. The number of rotatable bonds is 1. The Bertz CT molecular complexity index is 169. The summed E-state index contributed by atoms with van der Waals surface area (Å²) in [5.41, 5.74) is 0.979. The van der Waals surface area contributed by atoms with E-state index in [1.807, 2.05) is 27.7 Å². The van der Waals surface area contributed by atoms with E-state index < -0.39 is 0 Å². The Morgan fingerprint density at radius 2 is 2.10 bits per heavy atom. The molecule has 0 amide bonds. The maximum absolute atomic E-state index is 4.03. The van der Waals surface area contributed by atoms with Gasteiger partial charge < -0.3 is 0 Å². The summed E-state index contributed by atoms with van der Waals surface area (Å²) < 4.78 is 0. The van der Waals surface area contributed by atoms with E-state index in [1.165, 1.54) is 0 Å². The van der Waals surface area contributed by atoms with Crippen LogP contribution in [0.25, 0.3) is 0 Å². The lowest BCUT2D eigenvalue weighted by Gasteiger charge is -1.86. The summed E-state index contributed by atoms with van der Waals surface area (Å²) >= 11 is 0. The number of hydrogen-bond donors (Lipinski definition) is 0. The molecule has 0 radical (unpaired) electrons. The van der Waals surface area contributed by atoms with Gasteiger partial charge in [-0.25, -0.2) is 0 Å². The first-order valence-electron chi connectivity index (χ1n) is 3.69. The van der Waals surface area contributed by atoms with Crippen molar-refractivity contribution in [1.29, 1.82) is 0 Å². The summed E-state index contributed by atoms with van der Waals surface area (Å²) in [4.78, 5) is 1.66. The average Bonchev–Trinajstić information content (AvgIpc) is 2.40. The van der Waals surface area contributed by atoms with E-state index >= 15 is 0 Å². The lowest BCUT2D eigenvalue weighted by molar-refractivity contribution is 0.566. The SMILES string of the molecule is CC.CCn1ncc(C)n1. The van der Waals surface area contributed by atoms with Gasteiger partial charge in [0.05, 0.1) is 18.4 Å². The van der Waals surface area contributed by atoms with E-state index in [-0.39, 0.29) is 0 Å². The number of aromatic nitrogens is 3. The molecular weight excluding hydrogens is 126 g/mol. The van der Waals surface area contributed by atoms with E-state index in [0.29, 0.717) is 0 Å². The van der Waals surface area contributed by atoms with Crippen LogP contribution in [0.1, 0.15) is 26.5 Å². The van der Waals surface area contributed by atoms with Crippen LogP contribution in [0.5, 0.6) is 0 Å². The fraction of sp³-hybridized carbons (Fsp3) is 0.714. The molecule has 58 valence electrons. The molecule has 1 aromatic heterocycles. The highest BCUT2D eigenvalue weighted by Crippen LogP contribution is 1.84. The molecule has 0 bridgehead atoms. The molecule has 0 fully saturated rings. The Morgan fingerprint density at radius 3 is 2.30 bits per heavy atom. The predicted octanol–water partition coefficient (Wildman–Crippen LogP) is 1.63. The van der Waals surface area contributed by atoms with Crippen LogP contribution in [0.4, 0.5) is 0 Å². The van der Waals surface area contributed by atoms with Crippen molar-refractivity contribution in [3.05, 3.63) is 11.9 Å². The average molecular weight is 141 g/mol. The molecule has 0 aliphatic carbocycles. The predicted molar refractivity (Wildman–Crippen MR) is 41.8 cm³/mol. The fourth-order valence-electron chi connectivity index (χ4n) is 0.536. The van der Waals surface area contributed by atoms with Gasteiger partial charge in [0.15, 0.2) is 0 Å². The second kappa shape index (κ2) is 4.97. The first kappa shape index (κ1) is 9.14. The fourth-order valence-corrected chi connectivity index (χ4v) is 0.536. The maximum Gasteiger partial charge on any atom is 0.0796 e. The van der Waals surface area contributed by atoms with Crippen LogP contribution >= 0.6 is 0 Å². The highest BCUT2D eigenvalue weighted by molar-refractivity contribution is 4.84. The first-order valence-corrected chi connectivity index (χ1v) is 3.69. The van der Waals surface area contributed by atoms with E-state index in [9.17, 15) is 0 Å². The first-order chi connectivity index (χ1) is 4.83. The largest absolute Gasteiger partial charge is 0.185 e. The minimum atomic E-state index is 0.855. The van der Waals surface area contributed by atoms with Crippen molar-refractivity contribution in [1.82, 2.24) is 15.0 Å². The van der Waals surface area contributed by atoms with Crippen molar-refractivity contribution in [3.8, 4) is 0 Å². The van der Waals surface area contributed by atoms with E-state index in [2.05, 4.69) is 10.2 Å². The van der Waals surface area contributed by atoms with Gasteiger partial charge in [0.25, 0.3) is 0 Å². The van der Waals surface area contributed by atoms with Crippen LogP contribution in [0.3, 0.4) is 0 Å². The molecule has 0 aliphatic rings. The molecule has 0 spiro atoms. The quantitative estimate of drug-likeness (QED) is 0.595. The van der Waals surface area contributed by atoms with E-state index in [1.54, 1.807) is 11.0 Å². The normalized spacial score (nSPS) is 8.40. The molecule has 3 nitrogen and oxygen atoms in total. The van der Waals surface area contributed by atoms with Crippen molar-refractivity contribution >= 4 is 0 Å². The van der Waals surface area contributed by atoms with Gasteiger partial charge in [-0.2, -0.15) is 15.0 Å².